The minimum absolute atomic E-state index is 0.229. The molecule has 1 aromatic heterocycles. The summed E-state index contributed by atoms with van der Waals surface area (Å²) in [4.78, 5) is 15.4. The number of nitriles is 1. The largest absolute Gasteiger partial charge is 0.318 e. The van der Waals surface area contributed by atoms with Crippen LogP contribution in [0.25, 0.3) is 5.69 Å². The zero-order valence-corrected chi connectivity index (χ0v) is 14.8. The number of benzene rings is 1. The highest BCUT2D eigenvalue weighted by Gasteiger charge is 2.40. The molecule has 0 unspecified atom stereocenters. The summed E-state index contributed by atoms with van der Waals surface area (Å²) in [5, 5.41) is 8.96. The third-order valence-electron chi connectivity index (χ3n) is 5.92. The van der Waals surface area contributed by atoms with Crippen molar-refractivity contribution in [3.8, 4) is 11.8 Å². The fourth-order valence-electron chi connectivity index (χ4n) is 4.66. The summed E-state index contributed by atoms with van der Waals surface area (Å²) in [5.41, 5.74) is 4.50. The van der Waals surface area contributed by atoms with E-state index in [-0.39, 0.29) is 5.78 Å². The SMILES string of the molecule is Cc1cc(C(=O)CN2C3CCC2CC3)c(C)n1-c1ccc(C#N)cc1. The van der Waals surface area contributed by atoms with Crippen molar-refractivity contribution >= 4 is 5.78 Å². The zero-order valence-electron chi connectivity index (χ0n) is 14.8. The molecule has 2 fully saturated rings. The molecule has 2 saturated heterocycles. The second-order valence-corrected chi connectivity index (χ2v) is 7.34. The van der Waals surface area contributed by atoms with Crippen LogP contribution in [0.5, 0.6) is 0 Å². The van der Waals surface area contributed by atoms with Gasteiger partial charge in [-0.15, -0.1) is 0 Å². The lowest BCUT2D eigenvalue weighted by molar-refractivity contribution is 0.0917. The first-order valence-corrected chi connectivity index (χ1v) is 9.07. The standard InChI is InChI=1S/C21H23N3O/c1-14-11-20(21(25)13-23-17-7-8-18(23)10-9-17)15(2)24(14)19-5-3-16(12-22)4-6-19/h3-6,11,17-18H,7-10,13H2,1-2H3. The number of ketones is 1. The molecule has 2 aliphatic heterocycles. The van der Waals surface area contributed by atoms with Gasteiger partial charge in [0, 0.05) is 34.7 Å². The van der Waals surface area contributed by atoms with E-state index in [1.807, 2.05) is 44.2 Å². The molecule has 2 aliphatic rings. The Morgan fingerprint density at radius 2 is 1.72 bits per heavy atom. The van der Waals surface area contributed by atoms with Gasteiger partial charge in [0.05, 0.1) is 18.2 Å². The van der Waals surface area contributed by atoms with Crippen LogP contribution in [-0.4, -0.2) is 33.9 Å². The predicted molar refractivity (Wildman–Crippen MR) is 97.0 cm³/mol. The molecule has 0 amide bonds. The second kappa shape index (κ2) is 6.16. The Kier molecular flexibility index (Phi) is 3.97. The first-order chi connectivity index (χ1) is 12.1. The van der Waals surface area contributed by atoms with Gasteiger partial charge in [-0.05, 0) is 69.9 Å². The van der Waals surface area contributed by atoms with E-state index < -0.39 is 0 Å². The molecule has 0 saturated carbocycles. The first kappa shape index (κ1) is 16.1. The molecular formula is C21H23N3O. The number of hydrogen-bond donors (Lipinski definition) is 0. The normalized spacial score (nSPS) is 22.3. The van der Waals surface area contributed by atoms with Gasteiger partial charge in [-0.3, -0.25) is 9.69 Å². The average Bonchev–Trinajstić information content (AvgIpc) is 3.28. The summed E-state index contributed by atoms with van der Waals surface area (Å²) in [6.45, 7) is 4.59. The monoisotopic (exact) mass is 333 g/mol. The van der Waals surface area contributed by atoms with Gasteiger partial charge in [0.2, 0.25) is 0 Å². The molecule has 0 N–H and O–H groups in total. The van der Waals surface area contributed by atoms with Crippen molar-refractivity contribution < 1.29 is 4.79 Å². The van der Waals surface area contributed by atoms with E-state index in [9.17, 15) is 4.79 Å². The van der Waals surface area contributed by atoms with Crippen LogP contribution < -0.4 is 0 Å². The van der Waals surface area contributed by atoms with E-state index in [1.165, 1.54) is 25.7 Å². The lowest BCUT2D eigenvalue weighted by Crippen LogP contribution is -2.34. The molecule has 4 rings (SSSR count). The van der Waals surface area contributed by atoms with Crippen LogP contribution in [-0.2, 0) is 0 Å². The molecule has 0 aliphatic carbocycles. The van der Waals surface area contributed by atoms with Crippen LogP contribution in [0.1, 0.15) is 53.0 Å². The zero-order chi connectivity index (χ0) is 17.6. The Morgan fingerprint density at radius 1 is 1.12 bits per heavy atom. The number of carbonyl (C=O) groups is 1. The van der Waals surface area contributed by atoms with Gasteiger partial charge < -0.3 is 4.57 Å². The lowest BCUT2D eigenvalue weighted by Gasteiger charge is -2.20. The van der Waals surface area contributed by atoms with E-state index in [1.54, 1.807) is 0 Å². The summed E-state index contributed by atoms with van der Waals surface area (Å²) < 4.78 is 2.10. The average molecular weight is 333 g/mol. The Labute approximate surface area is 148 Å². The van der Waals surface area contributed by atoms with Gasteiger partial charge in [-0.25, -0.2) is 0 Å². The van der Waals surface area contributed by atoms with E-state index in [0.29, 0.717) is 24.2 Å². The molecule has 0 radical (unpaired) electrons. The van der Waals surface area contributed by atoms with Crippen LogP contribution in [0, 0.1) is 25.2 Å². The van der Waals surface area contributed by atoms with Gasteiger partial charge >= 0.3 is 0 Å². The summed E-state index contributed by atoms with van der Waals surface area (Å²) in [6.07, 6.45) is 5.01. The molecule has 0 atom stereocenters. The van der Waals surface area contributed by atoms with Crippen molar-refractivity contribution in [2.24, 2.45) is 0 Å². The van der Waals surface area contributed by atoms with Gasteiger partial charge in [-0.1, -0.05) is 0 Å². The van der Waals surface area contributed by atoms with Crippen LogP contribution in [0.15, 0.2) is 30.3 Å². The van der Waals surface area contributed by atoms with Crippen molar-refractivity contribution in [1.82, 2.24) is 9.47 Å². The van der Waals surface area contributed by atoms with Crippen molar-refractivity contribution in [1.29, 1.82) is 5.26 Å². The molecule has 0 spiro atoms. The summed E-state index contributed by atoms with van der Waals surface area (Å²) in [7, 11) is 0. The second-order valence-electron chi connectivity index (χ2n) is 7.34. The molecular weight excluding hydrogens is 310 g/mol. The molecule has 128 valence electrons. The van der Waals surface area contributed by atoms with Crippen LogP contribution >= 0.6 is 0 Å². The van der Waals surface area contributed by atoms with E-state index in [4.69, 9.17) is 5.26 Å². The molecule has 2 bridgehead atoms. The topological polar surface area (TPSA) is 49.0 Å². The number of nitrogens with zero attached hydrogens (tertiary/aromatic N) is 3. The minimum Gasteiger partial charge on any atom is -0.318 e. The Bertz CT molecular complexity index is 837. The summed E-state index contributed by atoms with van der Waals surface area (Å²) >= 11 is 0. The maximum atomic E-state index is 12.9. The van der Waals surface area contributed by atoms with Gasteiger partial charge in [0.25, 0.3) is 0 Å². The van der Waals surface area contributed by atoms with Gasteiger partial charge in [0.1, 0.15) is 0 Å². The number of fused-ring (bicyclic) bond motifs is 2. The Balaban J connectivity index is 1.61. The minimum atomic E-state index is 0.229. The van der Waals surface area contributed by atoms with Gasteiger partial charge in [-0.2, -0.15) is 5.26 Å². The maximum absolute atomic E-state index is 12.9. The third kappa shape index (κ3) is 2.69. The van der Waals surface area contributed by atoms with Crippen LogP contribution in [0.3, 0.4) is 0 Å². The summed E-state index contributed by atoms with van der Waals surface area (Å²) in [5.74, 6) is 0.229. The predicted octanol–water partition coefficient (Wildman–Crippen LogP) is 3.78. The number of Topliss-reactive ketones (excluding diaryl/α,β-unsaturated/α-hetero) is 1. The number of hydrogen-bond acceptors (Lipinski definition) is 3. The lowest BCUT2D eigenvalue weighted by atomic mass is 10.0. The number of aryl methyl sites for hydroxylation is 1. The highest BCUT2D eigenvalue weighted by Crippen LogP contribution is 2.37. The fraction of sp³-hybridized carbons (Fsp3) is 0.429. The highest BCUT2D eigenvalue weighted by molar-refractivity contribution is 5.99. The van der Waals surface area contributed by atoms with Crippen molar-refractivity contribution in [2.75, 3.05) is 6.54 Å². The smallest absolute Gasteiger partial charge is 0.178 e. The molecule has 1 aromatic carbocycles. The molecule has 3 heterocycles. The van der Waals surface area contributed by atoms with Crippen LogP contribution in [0.2, 0.25) is 0 Å². The quantitative estimate of drug-likeness (QED) is 0.800. The van der Waals surface area contributed by atoms with Crippen molar-refractivity contribution in [3.63, 3.8) is 0 Å². The van der Waals surface area contributed by atoms with E-state index in [0.717, 1.165) is 22.6 Å². The van der Waals surface area contributed by atoms with Gasteiger partial charge in [0.15, 0.2) is 5.78 Å². The highest BCUT2D eigenvalue weighted by atomic mass is 16.1. The molecule has 4 heteroatoms. The fourth-order valence-corrected chi connectivity index (χ4v) is 4.66. The number of rotatable bonds is 4. The van der Waals surface area contributed by atoms with Crippen molar-refractivity contribution in [3.05, 3.63) is 52.8 Å². The van der Waals surface area contributed by atoms with E-state index >= 15 is 0 Å². The number of aromatic nitrogens is 1. The first-order valence-electron chi connectivity index (χ1n) is 9.07. The maximum Gasteiger partial charge on any atom is 0.178 e. The van der Waals surface area contributed by atoms with Crippen LogP contribution in [0.4, 0.5) is 0 Å². The summed E-state index contributed by atoms with van der Waals surface area (Å²) in [6, 6.07) is 12.9. The Hall–Kier alpha value is -2.38. The Morgan fingerprint density at radius 3 is 2.28 bits per heavy atom. The van der Waals surface area contributed by atoms with E-state index in [2.05, 4.69) is 15.5 Å². The molecule has 2 aromatic rings. The third-order valence-corrected chi connectivity index (χ3v) is 5.92. The molecule has 25 heavy (non-hydrogen) atoms. The number of carbonyl (C=O) groups excluding carboxylic acids is 1. The van der Waals surface area contributed by atoms with Crippen molar-refractivity contribution in [2.45, 2.75) is 51.6 Å². The molecule has 4 nitrogen and oxygen atoms in total.